The van der Waals surface area contributed by atoms with Crippen molar-refractivity contribution in [3.63, 3.8) is 0 Å². The summed E-state index contributed by atoms with van der Waals surface area (Å²) < 4.78 is 13.2. The van der Waals surface area contributed by atoms with Crippen LogP contribution in [0.2, 0.25) is 5.02 Å². The average molecular weight is 286 g/mol. The third-order valence-corrected chi connectivity index (χ3v) is 2.99. The van der Waals surface area contributed by atoms with Gasteiger partial charge in [0.25, 0.3) is 0 Å². The lowest BCUT2D eigenvalue weighted by atomic mass is 10.1. The Hall–Kier alpha value is -2.56. The van der Waals surface area contributed by atoms with Gasteiger partial charge in [0.1, 0.15) is 11.9 Å². The summed E-state index contributed by atoms with van der Waals surface area (Å²) >= 11 is 5.88. The molecule has 2 aromatic carbocycles. The molecule has 3 nitrogen and oxygen atoms in total. The molecular weight excluding hydrogens is 277 g/mol. The molecule has 2 rings (SSSR count). The predicted molar refractivity (Wildman–Crippen MR) is 74.6 cm³/mol. The monoisotopic (exact) mass is 285 g/mol. The first kappa shape index (κ1) is 13.9. The molecule has 0 unspecified atom stereocenters. The third kappa shape index (κ3) is 3.06. The summed E-state index contributed by atoms with van der Waals surface area (Å²) in [7, 11) is 0. The van der Waals surface area contributed by atoms with Crippen LogP contribution in [0.3, 0.4) is 0 Å². The zero-order valence-electron chi connectivity index (χ0n) is 10.3. The molecule has 0 heterocycles. The highest BCUT2D eigenvalue weighted by Gasteiger charge is 2.06. The molecule has 2 aromatic rings. The first-order valence-corrected chi connectivity index (χ1v) is 6.14. The first-order chi connectivity index (χ1) is 9.63. The highest BCUT2D eigenvalue weighted by Crippen LogP contribution is 2.21. The van der Waals surface area contributed by atoms with E-state index in [1.165, 1.54) is 18.2 Å². The van der Waals surface area contributed by atoms with Crippen molar-refractivity contribution >= 4 is 17.3 Å². The molecule has 0 amide bonds. The van der Waals surface area contributed by atoms with Gasteiger partial charge in [-0.05, 0) is 42.0 Å². The molecule has 0 fully saturated rings. The molecule has 98 valence electrons. The molecule has 0 aliphatic rings. The van der Waals surface area contributed by atoms with Gasteiger partial charge < -0.3 is 5.32 Å². The topological polar surface area (TPSA) is 59.6 Å². The van der Waals surface area contributed by atoms with Crippen LogP contribution in [0.15, 0.2) is 36.4 Å². The van der Waals surface area contributed by atoms with E-state index in [9.17, 15) is 4.39 Å². The molecule has 0 aliphatic carbocycles. The second-order valence-electron chi connectivity index (χ2n) is 4.07. The van der Waals surface area contributed by atoms with Crippen molar-refractivity contribution in [3.8, 4) is 12.1 Å². The highest BCUT2D eigenvalue weighted by molar-refractivity contribution is 6.30. The van der Waals surface area contributed by atoms with E-state index in [0.717, 1.165) is 0 Å². The van der Waals surface area contributed by atoms with Crippen molar-refractivity contribution in [1.82, 2.24) is 0 Å². The predicted octanol–water partition coefficient (Wildman–Crippen LogP) is 3.83. The summed E-state index contributed by atoms with van der Waals surface area (Å²) in [5.41, 5.74) is 1.90. The molecule has 0 saturated carbocycles. The fourth-order valence-corrected chi connectivity index (χ4v) is 1.94. The summed E-state index contributed by atoms with van der Waals surface area (Å²) in [6.07, 6.45) is 0. The lowest BCUT2D eigenvalue weighted by molar-refractivity contribution is 0.625. The van der Waals surface area contributed by atoms with Crippen LogP contribution in [0.4, 0.5) is 10.1 Å². The summed E-state index contributed by atoms with van der Waals surface area (Å²) in [4.78, 5) is 0. The smallest absolute Gasteiger partial charge is 0.123 e. The fourth-order valence-electron chi connectivity index (χ4n) is 1.77. The minimum absolute atomic E-state index is 0.232. The van der Waals surface area contributed by atoms with E-state index in [4.69, 9.17) is 22.1 Å². The van der Waals surface area contributed by atoms with Gasteiger partial charge in [-0.2, -0.15) is 10.5 Å². The number of hydrogen-bond acceptors (Lipinski definition) is 3. The van der Waals surface area contributed by atoms with Crippen LogP contribution in [-0.2, 0) is 6.54 Å². The van der Waals surface area contributed by atoms with E-state index >= 15 is 0 Å². The van der Waals surface area contributed by atoms with Gasteiger partial charge in [-0.25, -0.2) is 4.39 Å². The van der Waals surface area contributed by atoms with Crippen LogP contribution in [0.25, 0.3) is 0 Å². The van der Waals surface area contributed by atoms with Crippen LogP contribution in [0, 0.1) is 28.5 Å². The maximum absolute atomic E-state index is 13.2. The van der Waals surface area contributed by atoms with Crippen LogP contribution in [0.1, 0.15) is 16.7 Å². The number of rotatable bonds is 3. The van der Waals surface area contributed by atoms with Crippen molar-refractivity contribution in [1.29, 1.82) is 10.5 Å². The summed E-state index contributed by atoms with van der Waals surface area (Å²) in [6, 6.07) is 12.8. The van der Waals surface area contributed by atoms with Crippen molar-refractivity contribution in [2.45, 2.75) is 6.54 Å². The van der Waals surface area contributed by atoms with Gasteiger partial charge in [0.2, 0.25) is 0 Å². The van der Waals surface area contributed by atoms with Gasteiger partial charge in [-0.15, -0.1) is 0 Å². The molecule has 0 radical (unpaired) electrons. The van der Waals surface area contributed by atoms with E-state index in [0.29, 0.717) is 27.4 Å². The van der Waals surface area contributed by atoms with Crippen molar-refractivity contribution in [3.05, 3.63) is 63.9 Å². The Morgan fingerprint density at radius 2 is 1.75 bits per heavy atom. The number of nitriles is 2. The van der Waals surface area contributed by atoms with E-state index < -0.39 is 5.82 Å². The number of halogens is 2. The second kappa shape index (κ2) is 6.06. The lowest BCUT2D eigenvalue weighted by Crippen LogP contribution is -2.03. The van der Waals surface area contributed by atoms with Crippen LogP contribution in [-0.4, -0.2) is 0 Å². The zero-order chi connectivity index (χ0) is 14.5. The number of anilines is 1. The number of benzene rings is 2. The molecule has 0 spiro atoms. The minimum Gasteiger partial charge on any atom is -0.380 e. The first-order valence-electron chi connectivity index (χ1n) is 5.76. The maximum Gasteiger partial charge on any atom is 0.123 e. The van der Waals surface area contributed by atoms with Crippen molar-refractivity contribution in [2.24, 2.45) is 0 Å². The molecule has 0 bridgehead atoms. The standard InChI is InChI=1S/C15H9ClFN3/c16-13-3-1-11(8-19)15(6-13)20-9-12-5-14(17)4-2-10(12)7-18/h1-6,20H,9H2. The normalized spacial score (nSPS) is 9.60. The third-order valence-electron chi connectivity index (χ3n) is 2.76. The maximum atomic E-state index is 13.2. The largest absolute Gasteiger partial charge is 0.380 e. The molecule has 0 aliphatic heterocycles. The van der Waals surface area contributed by atoms with Gasteiger partial charge in [0, 0.05) is 11.6 Å². The molecule has 20 heavy (non-hydrogen) atoms. The van der Waals surface area contributed by atoms with Gasteiger partial charge in [-0.1, -0.05) is 11.6 Å². The Morgan fingerprint density at radius 1 is 1.05 bits per heavy atom. The quantitative estimate of drug-likeness (QED) is 0.932. The summed E-state index contributed by atoms with van der Waals surface area (Å²) in [5, 5.41) is 21.5. The Labute approximate surface area is 120 Å². The van der Waals surface area contributed by atoms with Crippen molar-refractivity contribution in [2.75, 3.05) is 5.32 Å². The van der Waals surface area contributed by atoms with E-state index in [1.54, 1.807) is 18.2 Å². The second-order valence-corrected chi connectivity index (χ2v) is 4.50. The molecular formula is C15H9ClFN3. The number of hydrogen-bond donors (Lipinski definition) is 1. The zero-order valence-corrected chi connectivity index (χ0v) is 11.1. The Morgan fingerprint density at radius 3 is 2.45 bits per heavy atom. The van der Waals surface area contributed by atoms with Gasteiger partial charge >= 0.3 is 0 Å². The Kier molecular flexibility index (Phi) is 4.20. The lowest BCUT2D eigenvalue weighted by Gasteiger charge is -2.10. The average Bonchev–Trinajstić information content (AvgIpc) is 2.45. The summed E-state index contributed by atoms with van der Waals surface area (Å²) in [6.45, 7) is 0.232. The van der Waals surface area contributed by atoms with Gasteiger partial charge in [-0.3, -0.25) is 0 Å². The van der Waals surface area contributed by atoms with E-state index in [2.05, 4.69) is 5.32 Å². The molecule has 0 atom stereocenters. The van der Waals surface area contributed by atoms with Crippen LogP contribution in [0.5, 0.6) is 0 Å². The van der Waals surface area contributed by atoms with Gasteiger partial charge in [0.15, 0.2) is 0 Å². The number of nitrogens with zero attached hydrogens (tertiary/aromatic N) is 2. The Balaban J connectivity index is 2.26. The summed E-state index contributed by atoms with van der Waals surface area (Å²) in [5.74, 6) is -0.410. The van der Waals surface area contributed by atoms with Crippen molar-refractivity contribution < 1.29 is 4.39 Å². The molecule has 5 heteroatoms. The van der Waals surface area contributed by atoms with E-state index in [1.807, 2.05) is 12.1 Å². The SMILES string of the molecule is N#Cc1ccc(F)cc1CNc1cc(Cl)ccc1C#N. The minimum atomic E-state index is -0.410. The van der Waals surface area contributed by atoms with E-state index in [-0.39, 0.29) is 6.54 Å². The Bertz CT molecular complexity index is 665. The molecule has 1 N–H and O–H groups in total. The van der Waals surface area contributed by atoms with Gasteiger partial charge in [0.05, 0.1) is 22.9 Å². The highest BCUT2D eigenvalue weighted by atomic mass is 35.5. The van der Waals surface area contributed by atoms with Crippen LogP contribution < -0.4 is 5.32 Å². The molecule has 0 aromatic heterocycles. The van der Waals surface area contributed by atoms with Crippen LogP contribution >= 0.6 is 11.6 Å². The molecule has 0 saturated heterocycles. The number of nitrogens with one attached hydrogen (secondary N) is 1. The fraction of sp³-hybridized carbons (Fsp3) is 0.0667.